The van der Waals surface area contributed by atoms with Gasteiger partial charge in [-0.05, 0) is 24.3 Å². The van der Waals surface area contributed by atoms with Crippen LogP contribution in [0.1, 0.15) is 17.2 Å². The molecule has 5 nitrogen and oxygen atoms in total. The van der Waals surface area contributed by atoms with Gasteiger partial charge in [0.05, 0.1) is 23.0 Å². The molecule has 25 heavy (non-hydrogen) atoms. The summed E-state index contributed by atoms with van der Waals surface area (Å²) < 4.78 is 6.53. The maximum absolute atomic E-state index is 12.3. The summed E-state index contributed by atoms with van der Waals surface area (Å²) in [5.41, 5.74) is 1.08. The molecular formula is C19H21N3O2S. The Bertz CT molecular complexity index is 802. The van der Waals surface area contributed by atoms with Crippen molar-refractivity contribution in [3.63, 3.8) is 0 Å². The lowest BCUT2D eigenvalue weighted by Gasteiger charge is -2.34. The summed E-state index contributed by atoms with van der Waals surface area (Å²) in [5, 5.41) is 1.15. The predicted molar refractivity (Wildman–Crippen MR) is 98.5 cm³/mol. The second-order valence-corrected chi connectivity index (χ2v) is 7.43. The van der Waals surface area contributed by atoms with Crippen LogP contribution in [0.5, 0.6) is 0 Å². The van der Waals surface area contributed by atoms with Crippen molar-refractivity contribution >= 4 is 27.5 Å². The number of piperazine rings is 1. The topological polar surface area (TPSA) is 49.6 Å². The fourth-order valence-corrected chi connectivity index (χ4v) is 4.19. The average molecular weight is 355 g/mol. The molecule has 130 valence electrons. The summed E-state index contributed by atoms with van der Waals surface area (Å²) >= 11 is 1.76. The molecule has 0 aliphatic carbocycles. The summed E-state index contributed by atoms with van der Waals surface area (Å²) in [6, 6.07) is 12.0. The third kappa shape index (κ3) is 3.91. The molecule has 0 spiro atoms. The number of hydrogen-bond donors (Lipinski definition) is 0. The molecule has 0 N–H and O–H groups in total. The summed E-state index contributed by atoms with van der Waals surface area (Å²) in [5.74, 6) is 1.10. The number of nitrogens with zero attached hydrogens (tertiary/aromatic N) is 3. The van der Waals surface area contributed by atoms with Crippen LogP contribution in [0.4, 0.5) is 0 Å². The number of aromatic nitrogens is 1. The molecule has 1 aliphatic rings. The quantitative estimate of drug-likeness (QED) is 0.705. The highest BCUT2D eigenvalue weighted by atomic mass is 32.1. The average Bonchev–Trinajstić information content (AvgIpc) is 3.29. The highest BCUT2D eigenvalue weighted by Gasteiger charge is 2.21. The van der Waals surface area contributed by atoms with Crippen molar-refractivity contribution in [3.05, 3.63) is 53.4 Å². The number of furan rings is 1. The first kappa shape index (κ1) is 16.3. The lowest BCUT2D eigenvalue weighted by atomic mass is 10.2. The third-order valence-electron chi connectivity index (χ3n) is 4.59. The van der Waals surface area contributed by atoms with E-state index in [1.807, 2.05) is 23.1 Å². The predicted octanol–water partition coefficient (Wildman–Crippen LogP) is 3.17. The van der Waals surface area contributed by atoms with E-state index < -0.39 is 0 Å². The van der Waals surface area contributed by atoms with Crippen LogP contribution in [-0.4, -0.2) is 46.9 Å². The van der Waals surface area contributed by atoms with Gasteiger partial charge in [-0.2, -0.15) is 0 Å². The minimum absolute atomic E-state index is 0.219. The monoisotopic (exact) mass is 355 g/mol. The minimum Gasteiger partial charge on any atom is -0.469 e. The van der Waals surface area contributed by atoms with Gasteiger partial charge in [0.2, 0.25) is 5.91 Å². The summed E-state index contributed by atoms with van der Waals surface area (Å²) in [4.78, 5) is 21.4. The van der Waals surface area contributed by atoms with Crippen molar-refractivity contribution < 1.29 is 9.21 Å². The number of rotatable bonds is 5. The van der Waals surface area contributed by atoms with Gasteiger partial charge in [-0.3, -0.25) is 9.69 Å². The van der Waals surface area contributed by atoms with Gasteiger partial charge in [-0.15, -0.1) is 11.3 Å². The number of para-hydroxylation sites is 1. The molecule has 0 radical (unpaired) electrons. The zero-order chi connectivity index (χ0) is 17.1. The smallest absolute Gasteiger partial charge is 0.223 e. The number of amides is 1. The molecule has 1 aliphatic heterocycles. The number of aryl methyl sites for hydroxylation is 1. The zero-order valence-electron chi connectivity index (χ0n) is 14.1. The van der Waals surface area contributed by atoms with Crippen LogP contribution in [0, 0.1) is 0 Å². The largest absolute Gasteiger partial charge is 0.469 e. The highest BCUT2D eigenvalue weighted by molar-refractivity contribution is 7.18. The van der Waals surface area contributed by atoms with Crippen molar-refractivity contribution in [3.8, 4) is 0 Å². The Morgan fingerprint density at radius 2 is 1.96 bits per heavy atom. The fourth-order valence-electron chi connectivity index (χ4n) is 3.18. The van der Waals surface area contributed by atoms with E-state index in [9.17, 15) is 4.79 Å². The third-order valence-corrected chi connectivity index (χ3v) is 5.61. The van der Waals surface area contributed by atoms with Crippen LogP contribution in [0.15, 0.2) is 47.1 Å². The summed E-state index contributed by atoms with van der Waals surface area (Å²) in [7, 11) is 0. The first-order valence-electron chi connectivity index (χ1n) is 8.65. The fraction of sp³-hybridized carbons (Fsp3) is 0.368. The van der Waals surface area contributed by atoms with Crippen molar-refractivity contribution in [1.82, 2.24) is 14.8 Å². The van der Waals surface area contributed by atoms with Crippen molar-refractivity contribution in [2.24, 2.45) is 0 Å². The standard InChI is InChI=1S/C19H21N3O2S/c23-19(8-7-15-4-3-13-24-15)22-11-9-21(10-12-22)14-18-20-16-5-1-2-6-17(16)25-18/h1-6,13H,7-12,14H2. The van der Waals surface area contributed by atoms with E-state index in [2.05, 4.69) is 23.1 Å². The van der Waals surface area contributed by atoms with E-state index in [1.165, 1.54) is 4.70 Å². The zero-order valence-corrected chi connectivity index (χ0v) is 14.9. The number of thiazole rings is 1. The van der Waals surface area contributed by atoms with Gasteiger partial charge in [0.25, 0.3) is 0 Å². The Hall–Kier alpha value is -2.18. The van der Waals surface area contributed by atoms with E-state index in [4.69, 9.17) is 9.40 Å². The summed E-state index contributed by atoms with van der Waals surface area (Å²) in [6.45, 7) is 4.27. The Morgan fingerprint density at radius 1 is 1.12 bits per heavy atom. The van der Waals surface area contributed by atoms with Crippen LogP contribution in [0.2, 0.25) is 0 Å². The molecule has 1 aromatic carbocycles. The van der Waals surface area contributed by atoms with Crippen molar-refractivity contribution in [1.29, 1.82) is 0 Å². The second kappa shape index (κ2) is 7.37. The normalized spacial score (nSPS) is 15.8. The first-order valence-corrected chi connectivity index (χ1v) is 9.46. The van der Waals surface area contributed by atoms with E-state index in [0.29, 0.717) is 12.8 Å². The van der Waals surface area contributed by atoms with Gasteiger partial charge in [0.1, 0.15) is 10.8 Å². The Labute approximate surface area is 150 Å². The van der Waals surface area contributed by atoms with Crippen LogP contribution < -0.4 is 0 Å². The van der Waals surface area contributed by atoms with Crippen LogP contribution in [-0.2, 0) is 17.8 Å². The van der Waals surface area contributed by atoms with Crippen LogP contribution >= 0.6 is 11.3 Å². The maximum atomic E-state index is 12.3. The first-order chi connectivity index (χ1) is 12.3. The van der Waals surface area contributed by atoms with E-state index in [1.54, 1.807) is 17.6 Å². The molecule has 3 aromatic rings. The maximum Gasteiger partial charge on any atom is 0.223 e. The number of carbonyl (C=O) groups is 1. The second-order valence-electron chi connectivity index (χ2n) is 6.31. The molecule has 0 unspecified atom stereocenters. The molecule has 4 rings (SSSR count). The SMILES string of the molecule is O=C(CCc1ccco1)N1CCN(Cc2nc3ccccc3s2)CC1. The molecular weight excluding hydrogens is 334 g/mol. The van der Waals surface area contributed by atoms with Gasteiger partial charge in [-0.1, -0.05) is 12.1 Å². The molecule has 6 heteroatoms. The minimum atomic E-state index is 0.219. The molecule has 1 amide bonds. The number of carbonyl (C=O) groups excluding carboxylic acids is 1. The van der Waals surface area contributed by atoms with Crippen LogP contribution in [0.25, 0.3) is 10.2 Å². The van der Waals surface area contributed by atoms with Crippen molar-refractivity contribution in [2.75, 3.05) is 26.2 Å². The molecule has 1 fully saturated rings. The molecule has 1 saturated heterocycles. The molecule has 2 aromatic heterocycles. The molecule has 0 saturated carbocycles. The molecule has 3 heterocycles. The van der Waals surface area contributed by atoms with E-state index in [-0.39, 0.29) is 5.91 Å². The summed E-state index contributed by atoms with van der Waals surface area (Å²) in [6.07, 6.45) is 2.85. The lowest BCUT2D eigenvalue weighted by molar-refractivity contribution is -0.133. The van der Waals surface area contributed by atoms with Gasteiger partial charge in [0.15, 0.2) is 0 Å². The molecule has 0 atom stereocenters. The van der Waals surface area contributed by atoms with Gasteiger partial charge in [0, 0.05) is 39.0 Å². The Kier molecular flexibility index (Phi) is 4.81. The lowest BCUT2D eigenvalue weighted by Crippen LogP contribution is -2.48. The highest BCUT2D eigenvalue weighted by Crippen LogP contribution is 2.23. The Balaban J connectivity index is 1.27. The number of hydrogen-bond acceptors (Lipinski definition) is 5. The van der Waals surface area contributed by atoms with Crippen molar-refractivity contribution in [2.45, 2.75) is 19.4 Å². The van der Waals surface area contributed by atoms with Crippen LogP contribution in [0.3, 0.4) is 0 Å². The van der Waals surface area contributed by atoms with Gasteiger partial charge < -0.3 is 9.32 Å². The molecule has 0 bridgehead atoms. The van der Waals surface area contributed by atoms with E-state index >= 15 is 0 Å². The van der Waals surface area contributed by atoms with Gasteiger partial charge in [-0.25, -0.2) is 4.98 Å². The number of fused-ring (bicyclic) bond motifs is 1. The van der Waals surface area contributed by atoms with E-state index in [0.717, 1.165) is 49.0 Å². The number of benzene rings is 1. The van der Waals surface area contributed by atoms with Gasteiger partial charge >= 0.3 is 0 Å². The Morgan fingerprint density at radius 3 is 2.72 bits per heavy atom.